The second-order valence-electron chi connectivity index (χ2n) is 5.62. The van der Waals surface area contributed by atoms with Crippen molar-refractivity contribution in [2.45, 2.75) is 19.4 Å². The van der Waals surface area contributed by atoms with Gasteiger partial charge in [-0.2, -0.15) is 0 Å². The summed E-state index contributed by atoms with van der Waals surface area (Å²) in [5.74, 6) is 0.551. The van der Waals surface area contributed by atoms with Crippen LogP contribution in [0.15, 0.2) is 60.0 Å². The number of hydrogen-bond donors (Lipinski definition) is 1. The molecular weight excluding hydrogens is 274 g/mol. The van der Waals surface area contributed by atoms with Crippen molar-refractivity contribution in [1.29, 1.82) is 0 Å². The molecule has 3 aromatic rings. The van der Waals surface area contributed by atoms with E-state index < -0.39 is 0 Å². The Kier molecular flexibility index (Phi) is 4.37. The van der Waals surface area contributed by atoms with Crippen molar-refractivity contribution < 1.29 is 0 Å². The molecule has 1 aromatic heterocycles. The molecule has 0 aliphatic carbocycles. The van der Waals surface area contributed by atoms with Gasteiger partial charge in [-0.05, 0) is 47.3 Å². The van der Waals surface area contributed by atoms with E-state index in [9.17, 15) is 0 Å². The van der Waals surface area contributed by atoms with Crippen LogP contribution in [-0.2, 0) is 6.42 Å². The van der Waals surface area contributed by atoms with Crippen molar-refractivity contribution in [3.8, 4) is 0 Å². The van der Waals surface area contributed by atoms with Gasteiger partial charge in [-0.3, -0.25) is 0 Å². The lowest BCUT2D eigenvalue weighted by Gasteiger charge is -2.24. The topological polar surface area (TPSA) is 12.0 Å². The molecular formula is C19H21NS. The molecule has 2 aromatic carbocycles. The van der Waals surface area contributed by atoms with Gasteiger partial charge in [0.15, 0.2) is 0 Å². The maximum absolute atomic E-state index is 3.48. The largest absolute Gasteiger partial charge is 0.313 e. The summed E-state index contributed by atoms with van der Waals surface area (Å²) in [6, 6.07) is 19.8. The van der Waals surface area contributed by atoms with Crippen molar-refractivity contribution in [2.75, 3.05) is 7.05 Å². The summed E-state index contributed by atoms with van der Waals surface area (Å²) in [5, 5.41) is 7.21. The van der Waals surface area contributed by atoms with E-state index in [1.54, 1.807) is 0 Å². The average Bonchev–Trinajstić information content (AvgIpc) is 2.92. The second kappa shape index (κ2) is 6.42. The molecule has 0 amide bonds. The van der Waals surface area contributed by atoms with E-state index in [1.165, 1.54) is 21.2 Å². The van der Waals surface area contributed by atoms with Crippen LogP contribution >= 0.6 is 11.3 Å². The lowest BCUT2D eigenvalue weighted by Crippen LogP contribution is -2.24. The minimum atomic E-state index is 0.393. The molecule has 0 bridgehead atoms. The van der Waals surface area contributed by atoms with Gasteiger partial charge in [0, 0.05) is 10.7 Å². The van der Waals surface area contributed by atoms with Crippen LogP contribution in [0, 0.1) is 5.92 Å². The first-order chi connectivity index (χ1) is 10.3. The second-order valence-corrected chi connectivity index (χ2v) is 6.53. The van der Waals surface area contributed by atoms with Crippen LogP contribution < -0.4 is 5.32 Å². The zero-order valence-electron chi connectivity index (χ0n) is 12.5. The predicted octanol–water partition coefficient (Wildman–Crippen LogP) is 5.04. The van der Waals surface area contributed by atoms with Gasteiger partial charge in [-0.15, -0.1) is 11.3 Å². The molecule has 0 fully saturated rings. The Morgan fingerprint density at radius 3 is 2.48 bits per heavy atom. The average molecular weight is 295 g/mol. The Morgan fingerprint density at radius 1 is 1.00 bits per heavy atom. The fraction of sp³-hybridized carbons (Fsp3) is 0.263. The van der Waals surface area contributed by atoms with Crippen molar-refractivity contribution >= 4 is 21.4 Å². The molecule has 2 atom stereocenters. The molecule has 0 aliphatic heterocycles. The van der Waals surface area contributed by atoms with E-state index in [4.69, 9.17) is 0 Å². The van der Waals surface area contributed by atoms with E-state index in [0.29, 0.717) is 12.0 Å². The van der Waals surface area contributed by atoms with Crippen molar-refractivity contribution in [1.82, 2.24) is 5.32 Å². The van der Waals surface area contributed by atoms with Crippen LogP contribution in [0.25, 0.3) is 10.1 Å². The fourth-order valence-corrected chi connectivity index (χ4v) is 4.07. The van der Waals surface area contributed by atoms with Crippen molar-refractivity contribution in [3.63, 3.8) is 0 Å². The summed E-state index contributed by atoms with van der Waals surface area (Å²) in [6.07, 6.45) is 1.10. The molecule has 0 radical (unpaired) electrons. The van der Waals surface area contributed by atoms with Crippen LogP contribution in [0.4, 0.5) is 0 Å². The highest BCUT2D eigenvalue weighted by molar-refractivity contribution is 7.17. The lowest BCUT2D eigenvalue weighted by molar-refractivity contribution is 0.410. The van der Waals surface area contributed by atoms with Gasteiger partial charge in [0.2, 0.25) is 0 Å². The zero-order valence-corrected chi connectivity index (χ0v) is 13.4. The molecule has 0 saturated heterocycles. The van der Waals surface area contributed by atoms with E-state index in [1.807, 2.05) is 11.3 Å². The summed E-state index contributed by atoms with van der Waals surface area (Å²) in [5.41, 5.74) is 2.84. The van der Waals surface area contributed by atoms with Gasteiger partial charge in [0.25, 0.3) is 0 Å². The van der Waals surface area contributed by atoms with Crippen molar-refractivity contribution in [3.05, 3.63) is 71.1 Å². The first-order valence-electron chi connectivity index (χ1n) is 7.47. The summed E-state index contributed by atoms with van der Waals surface area (Å²) >= 11 is 1.85. The van der Waals surface area contributed by atoms with Crippen molar-refractivity contribution in [2.24, 2.45) is 5.92 Å². The highest BCUT2D eigenvalue weighted by Crippen LogP contribution is 2.31. The minimum Gasteiger partial charge on any atom is -0.313 e. The van der Waals surface area contributed by atoms with Crippen LogP contribution in [0.1, 0.15) is 24.1 Å². The number of hydrogen-bond acceptors (Lipinski definition) is 2. The Hall–Kier alpha value is -1.64. The molecule has 0 aliphatic rings. The van der Waals surface area contributed by atoms with Gasteiger partial charge in [-0.25, -0.2) is 0 Å². The zero-order chi connectivity index (χ0) is 14.7. The smallest absolute Gasteiger partial charge is 0.0346 e. The molecule has 2 unspecified atom stereocenters. The fourth-order valence-electron chi connectivity index (χ4n) is 3.10. The summed E-state index contributed by atoms with van der Waals surface area (Å²) in [6.45, 7) is 2.33. The Labute approximate surface area is 130 Å². The highest BCUT2D eigenvalue weighted by atomic mass is 32.1. The first-order valence-corrected chi connectivity index (χ1v) is 8.35. The van der Waals surface area contributed by atoms with Crippen LogP contribution in [0.3, 0.4) is 0 Å². The molecule has 1 N–H and O–H groups in total. The van der Waals surface area contributed by atoms with E-state index >= 15 is 0 Å². The normalized spacial score (nSPS) is 14.2. The van der Waals surface area contributed by atoms with Gasteiger partial charge >= 0.3 is 0 Å². The van der Waals surface area contributed by atoms with E-state index in [2.05, 4.69) is 79.3 Å². The Bertz CT molecular complexity index is 702. The summed E-state index contributed by atoms with van der Waals surface area (Å²) in [4.78, 5) is 0. The standard InChI is InChI=1S/C19H21NS/c1-14(19(20-2)15-8-4-3-5-9-15)12-16-13-21-18-11-7-6-10-17(16)18/h3-11,13-14,19-20H,12H2,1-2H3. The molecule has 108 valence electrons. The number of benzene rings is 2. The SMILES string of the molecule is CNC(c1ccccc1)C(C)Cc1csc2ccccc12. The molecule has 1 nitrogen and oxygen atoms in total. The number of nitrogens with one attached hydrogen (secondary N) is 1. The van der Waals surface area contributed by atoms with Crippen LogP contribution in [0.2, 0.25) is 0 Å². The third-order valence-corrected chi connectivity index (χ3v) is 5.15. The molecule has 3 rings (SSSR count). The number of rotatable bonds is 5. The molecule has 1 heterocycles. The Balaban J connectivity index is 1.83. The number of fused-ring (bicyclic) bond motifs is 1. The molecule has 2 heteroatoms. The minimum absolute atomic E-state index is 0.393. The maximum Gasteiger partial charge on any atom is 0.0346 e. The Morgan fingerprint density at radius 2 is 1.71 bits per heavy atom. The van der Waals surface area contributed by atoms with E-state index in [0.717, 1.165) is 6.42 Å². The van der Waals surface area contributed by atoms with Gasteiger partial charge in [0.05, 0.1) is 0 Å². The van der Waals surface area contributed by atoms with Crippen LogP contribution in [0.5, 0.6) is 0 Å². The monoisotopic (exact) mass is 295 g/mol. The third-order valence-electron chi connectivity index (χ3n) is 4.14. The van der Waals surface area contributed by atoms with Gasteiger partial charge in [0.1, 0.15) is 0 Å². The summed E-state index contributed by atoms with van der Waals surface area (Å²) < 4.78 is 1.39. The quantitative estimate of drug-likeness (QED) is 0.695. The third kappa shape index (κ3) is 3.02. The van der Waals surface area contributed by atoms with Gasteiger partial charge in [-0.1, -0.05) is 55.5 Å². The highest BCUT2D eigenvalue weighted by Gasteiger charge is 2.18. The number of thiophene rings is 1. The molecule has 0 spiro atoms. The maximum atomic E-state index is 3.48. The predicted molar refractivity (Wildman–Crippen MR) is 92.9 cm³/mol. The first kappa shape index (κ1) is 14.3. The van der Waals surface area contributed by atoms with Crippen LogP contribution in [-0.4, -0.2) is 7.05 Å². The van der Waals surface area contributed by atoms with Gasteiger partial charge < -0.3 is 5.32 Å². The summed E-state index contributed by atoms with van der Waals surface area (Å²) in [7, 11) is 2.06. The lowest BCUT2D eigenvalue weighted by atomic mass is 9.89. The molecule has 0 saturated carbocycles. The van der Waals surface area contributed by atoms with E-state index in [-0.39, 0.29) is 0 Å². The molecule has 21 heavy (non-hydrogen) atoms.